The number of nitrogens with one attached hydrogen (secondary N) is 1. The van der Waals surface area contributed by atoms with Crippen molar-refractivity contribution in [3.05, 3.63) is 53.8 Å². The van der Waals surface area contributed by atoms with E-state index in [-0.39, 0.29) is 5.82 Å². The number of hydrogen-bond acceptors (Lipinski definition) is 2. The summed E-state index contributed by atoms with van der Waals surface area (Å²) in [5, 5.41) is 3.09. The van der Waals surface area contributed by atoms with Gasteiger partial charge in [-0.1, -0.05) is 12.1 Å². The molecule has 0 atom stereocenters. The Morgan fingerprint density at radius 3 is 2.50 bits per heavy atom. The smallest absolute Gasteiger partial charge is 0.128 e. The van der Waals surface area contributed by atoms with Gasteiger partial charge < -0.3 is 11.1 Å². The molecule has 0 radical (unpaired) electrons. The van der Waals surface area contributed by atoms with E-state index in [2.05, 4.69) is 5.32 Å². The monoisotopic (exact) mass is 216 g/mol. The van der Waals surface area contributed by atoms with Crippen LogP contribution in [0.4, 0.5) is 21.5 Å². The summed E-state index contributed by atoms with van der Waals surface area (Å²) in [5.74, 6) is -0.214. The maximum absolute atomic E-state index is 13.3. The average Bonchev–Trinajstić information content (AvgIpc) is 2.24. The molecule has 82 valence electrons. The highest BCUT2D eigenvalue weighted by Crippen LogP contribution is 2.20. The van der Waals surface area contributed by atoms with Gasteiger partial charge in [-0.05, 0) is 42.8 Å². The lowest BCUT2D eigenvalue weighted by Crippen LogP contribution is -1.93. The highest BCUT2D eigenvalue weighted by molar-refractivity contribution is 5.63. The quantitative estimate of drug-likeness (QED) is 0.754. The molecule has 0 heterocycles. The first kappa shape index (κ1) is 10.5. The van der Waals surface area contributed by atoms with Crippen molar-refractivity contribution in [1.29, 1.82) is 0 Å². The molecule has 2 nitrogen and oxygen atoms in total. The number of rotatable bonds is 2. The first-order valence-corrected chi connectivity index (χ1v) is 5.04. The highest BCUT2D eigenvalue weighted by Gasteiger charge is 1.99. The van der Waals surface area contributed by atoms with E-state index in [9.17, 15) is 4.39 Å². The number of halogens is 1. The predicted octanol–water partition coefficient (Wildman–Crippen LogP) is 3.46. The van der Waals surface area contributed by atoms with Crippen LogP contribution in [0.15, 0.2) is 42.5 Å². The Morgan fingerprint density at radius 1 is 1.06 bits per heavy atom. The van der Waals surface area contributed by atoms with Crippen LogP contribution in [-0.4, -0.2) is 0 Å². The third-order valence-electron chi connectivity index (χ3n) is 2.35. The molecule has 0 aliphatic rings. The summed E-state index contributed by atoms with van der Waals surface area (Å²) in [5.41, 5.74) is 8.53. The normalized spacial score (nSPS) is 10.1. The van der Waals surface area contributed by atoms with Crippen LogP contribution >= 0.6 is 0 Å². The van der Waals surface area contributed by atoms with E-state index in [0.29, 0.717) is 16.9 Å². The van der Waals surface area contributed by atoms with Crippen LogP contribution in [0.25, 0.3) is 0 Å². The average molecular weight is 216 g/mol. The predicted molar refractivity (Wildman–Crippen MR) is 65.3 cm³/mol. The molecule has 3 heteroatoms. The van der Waals surface area contributed by atoms with E-state index < -0.39 is 0 Å². The van der Waals surface area contributed by atoms with E-state index in [1.807, 2.05) is 18.2 Å². The van der Waals surface area contributed by atoms with Gasteiger partial charge in [-0.3, -0.25) is 0 Å². The molecular weight excluding hydrogens is 203 g/mol. The molecule has 0 amide bonds. The number of anilines is 3. The van der Waals surface area contributed by atoms with Crippen molar-refractivity contribution in [1.82, 2.24) is 0 Å². The van der Waals surface area contributed by atoms with Gasteiger partial charge in [0.1, 0.15) is 5.82 Å². The Kier molecular flexibility index (Phi) is 2.77. The molecule has 0 unspecified atom stereocenters. The molecule has 0 spiro atoms. The standard InChI is InChI=1S/C13H13FN2/c1-9-5-6-12(8-13(9)14)16-11-4-2-3-10(15)7-11/h2-8,16H,15H2,1H3. The minimum absolute atomic E-state index is 0.214. The van der Waals surface area contributed by atoms with Gasteiger partial charge in [0.25, 0.3) is 0 Å². The van der Waals surface area contributed by atoms with Crippen LogP contribution in [0.1, 0.15) is 5.56 Å². The van der Waals surface area contributed by atoms with E-state index in [4.69, 9.17) is 5.73 Å². The molecule has 0 saturated carbocycles. The fourth-order valence-corrected chi connectivity index (χ4v) is 1.45. The fourth-order valence-electron chi connectivity index (χ4n) is 1.45. The maximum Gasteiger partial charge on any atom is 0.128 e. The SMILES string of the molecule is Cc1ccc(Nc2cccc(N)c2)cc1F. The Bertz CT molecular complexity index is 509. The van der Waals surface area contributed by atoms with Crippen molar-refractivity contribution in [2.24, 2.45) is 0 Å². The van der Waals surface area contributed by atoms with Gasteiger partial charge in [0.05, 0.1) is 0 Å². The molecule has 0 bridgehead atoms. The molecule has 0 aliphatic carbocycles. The second kappa shape index (κ2) is 4.23. The van der Waals surface area contributed by atoms with E-state index >= 15 is 0 Å². The lowest BCUT2D eigenvalue weighted by Gasteiger charge is -2.07. The number of aryl methyl sites for hydroxylation is 1. The van der Waals surface area contributed by atoms with Crippen molar-refractivity contribution in [3.63, 3.8) is 0 Å². The van der Waals surface area contributed by atoms with E-state index in [0.717, 1.165) is 5.69 Å². The van der Waals surface area contributed by atoms with Crippen LogP contribution in [0.5, 0.6) is 0 Å². The molecule has 2 aromatic rings. The Morgan fingerprint density at radius 2 is 1.81 bits per heavy atom. The number of nitrogens with two attached hydrogens (primary N) is 1. The minimum Gasteiger partial charge on any atom is -0.399 e. The molecule has 0 saturated heterocycles. The van der Waals surface area contributed by atoms with Gasteiger partial charge in [0.15, 0.2) is 0 Å². The number of benzene rings is 2. The van der Waals surface area contributed by atoms with E-state index in [1.165, 1.54) is 6.07 Å². The first-order chi connectivity index (χ1) is 7.65. The van der Waals surface area contributed by atoms with Crippen molar-refractivity contribution >= 4 is 17.1 Å². The summed E-state index contributed by atoms with van der Waals surface area (Å²) >= 11 is 0. The molecule has 2 rings (SSSR count). The number of hydrogen-bond donors (Lipinski definition) is 2. The summed E-state index contributed by atoms with van der Waals surface area (Å²) in [6.45, 7) is 1.74. The van der Waals surface area contributed by atoms with Gasteiger partial charge in [-0.15, -0.1) is 0 Å². The molecule has 0 aliphatic heterocycles. The zero-order valence-corrected chi connectivity index (χ0v) is 9.00. The van der Waals surface area contributed by atoms with Gasteiger partial charge >= 0.3 is 0 Å². The third-order valence-corrected chi connectivity index (χ3v) is 2.35. The van der Waals surface area contributed by atoms with Crippen LogP contribution in [0, 0.1) is 12.7 Å². The Balaban J connectivity index is 2.24. The third kappa shape index (κ3) is 2.31. The van der Waals surface area contributed by atoms with Gasteiger partial charge in [0, 0.05) is 17.1 Å². The second-order valence-corrected chi connectivity index (χ2v) is 3.71. The van der Waals surface area contributed by atoms with Gasteiger partial charge in [-0.25, -0.2) is 4.39 Å². The molecule has 0 fully saturated rings. The van der Waals surface area contributed by atoms with Crippen LogP contribution in [-0.2, 0) is 0 Å². The summed E-state index contributed by atoms with van der Waals surface area (Å²) in [7, 11) is 0. The van der Waals surface area contributed by atoms with Crippen molar-refractivity contribution in [2.45, 2.75) is 6.92 Å². The molecule has 16 heavy (non-hydrogen) atoms. The van der Waals surface area contributed by atoms with Crippen LogP contribution in [0.3, 0.4) is 0 Å². The largest absolute Gasteiger partial charge is 0.399 e. The van der Waals surface area contributed by atoms with Crippen molar-refractivity contribution in [2.75, 3.05) is 11.1 Å². The summed E-state index contributed by atoms with van der Waals surface area (Å²) in [4.78, 5) is 0. The molecule has 2 aromatic carbocycles. The van der Waals surface area contributed by atoms with Gasteiger partial charge in [0.2, 0.25) is 0 Å². The van der Waals surface area contributed by atoms with Crippen molar-refractivity contribution in [3.8, 4) is 0 Å². The molecule has 0 aromatic heterocycles. The lowest BCUT2D eigenvalue weighted by molar-refractivity contribution is 0.619. The van der Waals surface area contributed by atoms with Crippen molar-refractivity contribution < 1.29 is 4.39 Å². The summed E-state index contributed by atoms with van der Waals surface area (Å²) in [6.07, 6.45) is 0. The molecular formula is C13H13FN2. The summed E-state index contributed by atoms with van der Waals surface area (Å²) in [6, 6.07) is 12.4. The Labute approximate surface area is 93.9 Å². The highest BCUT2D eigenvalue weighted by atomic mass is 19.1. The lowest BCUT2D eigenvalue weighted by atomic mass is 10.2. The van der Waals surface area contributed by atoms with Crippen LogP contribution in [0.2, 0.25) is 0 Å². The Hall–Kier alpha value is -2.03. The first-order valence-electron chi connectivity index (χ1n) is 5.04. The molecule has 3 N–H and O–H groups in total. The van der Waals surface area contributed by atoms with Gasteiger partial charge in [-0.2, -0.15) is 0 Å². The second-order valence-electron chi connectivity index (χ2n) is 3.71. The zero-order valence-electron chi connectivity index (χ0n) is 9.00. The minimum atomic E-state index is -0.214. The van der Waals surface area contributed by atoms with E-state index in [1.54, 1.807) is 25.1 Å². The fraction of sp³-hybridized carbons (Fsp3) is 0.0769. The topological polar surface area (TPSA) is 38.0 Å². The zero-order chi connectivity index (χ0) is 11.5. The maximum atomic E-state index is 13.3. The van der Waals surface area contributed by atoms with Crippen LogP contribution < -0.4 is 11.1 Å². The number of nitrogen functional groups attached to an aromatic ring is 1. The summed E-state index contributed by atoms with van der Waals surface area (Å²) < 4.78 is 13.3.